The number of hydrogen-bond donors (Lipinski definition) is 1. The van der Waals surface area contributed by atoms with Gasteiger partial charge in [0.05, 0.1) is 53.1 Å². The van der Waals surface area contributed by atoms with E-state index in [0.29, 0.717) is 43.9 Å². The van der Waals surface area contributed by atoms with Gasteiger partial charge in [-0.15, -0.1) is 0 Å². The van der Waals surface area contributed by atoms with Crippen LogP contribution >= 0.6 is 0 Å². The molecular weight excluding hydrogens is 552 g/mol. The van der Waals surface area contributed by atoms with Gasteiger partial charge in [-0.05, 0) is 30.3 Å². The second kappa shape index (κ2) is 11.5. The van der Waals surface area contributed by atoms with Crippen LogP contribution in [0.25, 0.3) is 16.8 Å². The monoisotopic (exact) mass is 581 g/mol. The van der Waals surface area contributed by atoms with Gasteiger partial charge in [0, 0.05) is 61.4 Å². The molecule has 3 atom stereocenters. The Hall–Kier alpha value is -3.99. The summed E-state index contributed by atoms with van der Waals surface area (Å²) in [4.78, 5) is 10.5. The van der Waals surface area contributed by atoms with Gasteiger partial charge in [-0.2, -0.15) is 10.4 Å². The fourth-order valence-electron chi connectivity index (χ4n) is 5.26. The number of benzene rings is 1. The van der Waals surface area contributed by atoms with Crippen molar-refractivity contribution in [2.24, 2.45) is 11.7 Å². The maximum Gasteiger partial charge on any atom is 0.175 e. The molecule has 1 aromatic carbocycles. The van der Waals surface area contributed by atoms with E-state index < -0.39 is 31.9 Å². The number of nitriles is 1. The van der Waals surface area contributed by atoms with E-state index in [0.717, 1.165) is 29.6 Å². The molecule has 41 heavy (non-hydrogen) atoms. The summed E-state index contributed by atoms with van der Waals surface area (Å²) in [6.45, 7) is 3.65. The van der Waals surface area contributed by atoms with Crippen LogP contribution in [0.15, 0.2) is 53.8 Å². The van der Waals surface area contributed by atoms with E-state index in [1.165, 1.54) is 10.6 Å². The molecule has 3 aromatic heterocycles. The maximum atomic E-state index is 14.9. The number of fused-ring (bicyclic) bond motifs is 1. The molecule has 5 rings (SSSR count). The summed E-state index contributed by atoms with van der Waals surface area (Å²) in [7, 11) is -3.79. The van der Waals surface area contributed by atoms with E-state index in [1.807, 2.05) is 6.07 Å². The van der Waals surface area contributed by atoms with Crippen molar-refractivity contribution in [3.63, 3.8) is 0 Å². The van der Waals surface area contributed by atoms with E-state index in [4.69, 9.17) is 15.7 Å². The minimum absolute atomic E-state index is 0.00326. The Kier molecular flexibility index (Phi) is 7.99. The molecule has 1 aliphatic rings. The lowest BCUT2D eigenvalue weighted by Crippen LogP contribution is -2.57. The number of nitrogens with zero attached hydrogens (tertiary/aromatic N) is 6. The fourth-order valence-corrected chi connectivity index (χ4v) is 5.90. The highest BCUT2D eigenvalue weighted by Gasteiger charge is 2.34. The predicted molar refractivity (Wildman–Crippen MR) is 148 cm³/mol. The van der Waals surface area contributed by atoms with Gasteiger partial charge in [-0.1, -0.05) is 6.92 Å². The highest BCUT2D eigenvalue weighted by molar-refractivity contribution is 7.90. The van der Waals surface area contributed by atoms with Crippen molar-refractivity contribution < 1.29 is 21.9 Å². The van der Waals surface area contributed by atoms with Crippen LogP contribution < -0.4 is 10.6 Å². The first-order chi connectivity index (χ1) is 19.6. The summed E-state index contributed by atoms with van der Waals surface area (Å²) in [6.07, 6.45) is 6.43. The number of piperidine rings is 1. The number of sulfone groups is 1. The third-order valence-corrected chi connectivity index (χ3v) is 8.26. The zero-order valence-electron chi connectivity index (χ0n) is 22.5. The molecule has 1 fully saturated rings. The van der Waals surface area contributed by atoms with Gasteiger partial charge in [0.25, 0.3) is 0 Å². The lowest BCUT2D eigenvalue weighted by molar-refractivity contribution is -0.00335. The Bertz CT molecular complexity index is 1700. The minimum Gasteiger partial charge on any atom is -0.375 e. The predicted octanol–water partition coefficient (Wildman–Crippen LogP) is 3.15. The second-order valence-corrected chi connectivity index (χ2v) is 12.3. The number of aromatic nitrogens is 4. The van der Waals surface area contributed by atoms with E-state index in [1.54, 1.807) is 24.7 Å². The smallest absolute Gasteiger partial charge is 0.175 e. The second-order valence-electron chi connectivity index (χ2n) is 10.2. The molecule has 4 heterocycles. The molecule has 4 aromatic rings. The van der Waals surface area contributed by atoms with E-state index in [9.17, 15) is 17.2 Å². The summed E-state index contributed by atoms with van der Waals surface area (Å²) < 4.78 is 60.8. The van der Waals surface area contributed by atoms with Gasteiger partial charge >= 0.3 is 0 Å². The normalized spacial score (nSPS) is 19.4. The quantitative estimate of drug-likeness (QED) is 0.311. The average molecular weight is 582 g/mol. The molecule has 0 saturated carbocycles. The minimum atomic E-state index is -3.79. The van der Waals surface area contributed by atoms with Crippen molar-refractivity contribution in [3.05, 3.63) is 71.9 Å². The van der Waals surface area contributed by atoms with Gasteiger partial charge in [-0.25, -0.2) is 26.7 Å². The van der Waals surface area contributed by atoms with E-state index in [2.05, 4.69) is 33.0 Å². The number of halogens is 2. The van der Waals surface area contributed by atoms with Crippen molar-refractivity contribution in [2.75, 3.05) is 30.9 Å². The first-order valence-electron chi connectivity index (χ1n) is 13.0. The first kappa shape index (κ1) is 28.5. The van der Waals surface area contributed by atoms with Gasteiger partial charge in [0.1, 0.15) is 17.5 Å². The van der Waals surface area contributed by atoms with Gasteiger partial charge in [-0.3, -0.25) is 4.98 Å². The molecule has 1 saturated heterocycles. The molecule has 0 spiro atoms. The van der Waals surface area contributed by atoms with Gasteiger partial charge < -0.3 is 15.4 Å². The number of pyridine rings is 1. The summed E-state index contributed by atoms with van der Waals surface area (Å²) in [5, 5.41) is 13.3. The van der Waals surface area contributed by atoms with Crippen LogP contribution in [0.4, 0.5) is 14.5 Å². The van der Waals surface area contributed by atoms with Crippen molar-refractivity contribution in [3.8, 4) is 17.3 Å². The van der Waals surface area contributed by atoms with E-state index >= 15 is 0 Å². The SMILES string of the molecule is C[C@H]1CN(c2ccncc2Cc2ncc3ccc(-c4c(F)cc(S(C)(=O)=O)cc4F)nn23)C[C@@H](N)[C@H]1OCCC#N. The summed E-state index contributed by atoms with van der Waals surface area (Å²) in [6, 6.07) is 8.43. The first-order valence-corrected chi connectivity index (χ1v) is 14.9. The van der Waals surface area contributed by atoms with Gasteiger partial charge in [0.15, 0.2) is 9.84 Å². The molecule has 0 bridgehead atoms. The lowest BCUT2D eigenvalue weighted by Gasteiger charge is -2.42. The standard InChI is InChI=1S/C28H29F2N7O3S/c1-17-15-36(16-23(32)28(17)40-9-3-7-31)25-6-8-33-13-18(25)10-26-34-14-19-4-5-24(35-37(19)26)27-21(29)11-20(12-22(27)30)41(2,38)39/h4-6,8,11-14,17,23,28H,3,9-10,15-16,32H2,1-2H3/t17-,23+,28-/m0/s1. The van der Waals surface area contributed by atoms with Crippen molar-refractivity contribution in [2.45, 2.75) is 36.8 Å². The maximum absolute atomic E-state index is 14.9. The number of rotatable bonds is 8. The van der Waals surface area contributed by atoms with Crippen molar-refractivity contribution in [1.82, 2.24) is 19.6 Å². The average Bonchev–Trinajstić information content (AvgIpc) is 3.31. The molecule has 2 N–H and O–H groups in total. The Labute approximate surface area is 236 Å². The number of hydrogen-bond acceptors (Lipinski definition) is 9. The van der Waals surface area contributed by atoms with Crippen molar-refractivity contribution >= 4 is 21.0 Å². The summed E-state index contributed by atoms with van der Waals surface area (Å²) in [5.74, 6) is -1.41. The largest absolute Gasteiger partial charge is 0.375 e. The number of ether oxygens (including phenoxy) is 1. The third kappa shape index (κ3) is 5.90. The highest BCUT2D eigenvalue weighted by Crippen LogP contribution is 2.30. The zero-order valence-corrected chi connectivity index (χ0v) is 23.4. The molecule has 214 valence electrons. The molecular formula is C28H29F2N7O3S. The molecule has 0 amide bonds. The molecule has 10 nitrogen and oxygen atoms in total. The Morgan fingerprint density at radius 2 is 1.93 bits per heavy atom. The van der Waals surface area contributed by atoms with E-state index in [-0.39, 0.29) is 23.8 Å². The molecule has 0 radical (unpaired) electrons. The van der Waals surface area contributed by atoms with Crippen LogP contribution in [0.5, 0.6) is 0 Å². The van der Waals surface area contributed by atoms with Gasteiger partial charge in [0.2, 0.25) is 0 Å². The van der Waals surface area contributed by atoms with Crippen LogP contribution in [0.2, 0.25) is 0 Å². The van der Waals surface area contributed by atoms with Crippen LogP contribution in [0.3, 0.4) is 0 Å². The highest BCUT2D eigenvalue weighted by atomic mass is 32.2. The topological polar surface area (TPSA) is 140 Å². The fraction of sp³-hybridized carbons (Fsp3) is 0.357. The molecule has 1 aliphatic heterocycles. The Morgan fingerprint density at radius 1 is 1.17 bits per heavy atom. The lowest BCUT2D eigenvalue weighted by atomic mass is 9.91. The van der Waals surface area contributed by atoms with Crippen LogP contribution in [0.1, 0.15) is 24.7 Å². The Balaban J connectivity index is 1.44. The Morgan fingerprint density at radius 3 is 2.61 bits per heavy atom. The molecule has 13 heteroatoms. The zero-order chi connectivity index (χ0) is 29.3. The van der Waals surface area contributed by atoms with Crippen LogP contribution in [0, 0.1) is 28.9 Å². The number of nitrogens with two attached hydrogens (primary N) is 1. The number of imidazole rings is 1. The molecule has 0 unspecified atom stereocenters. The van der Waals surface area contributed by atoms with Crippen LogP contribution in [-0.2, 0) is 21.0 Å². The molecule has 0 aliphatic carbocycles. The third-order valence-electron chi connectivity index (χ3n) is 7.17. The summed E-state index contributed by atoms with van der Waals surface area (Å²) >= 11 is 0. The number of anilines is 1. The van der Waals surface area contributed by atoms with Crippen LogP contribution in [-0.4, -0.2) is 66.1 Å². The summed E-state index contributed by atoms with van der Waals surface area (Å²) in [5.41, 5.74) is 8.47. The van der Waals surface area contributed by atoms with Crippen molar-refractivity contribution in [1.29, 1.82) is 5.26 Å².